The summed E-state index contributed by atoms with van der Waals surface area (Å²) in [5.41, 5.74) is 0. The van der Waals surface area contributed by atoms with Gasteiger partial charge < -0.3 is 32.4 Å². The van der Waals surface area contributed by atoms with Gasteiger partial charge in [0.2, 0.25) is 11.7 Å². The van der Waals surface area contributed by atoms with Gasteiger partial charge in [-0.05, 0) is 11.8 Å². The second-order valence-electron chi connectivity index (χ2n) is 5.81. The largest absolute Gasteiger partial charge is 0.469 e. The predicted molar refractivity (Wildman–Crippen MR) is 91.7 cm³/mol. The van der Waals surface area contributed by atoms with E-state index < -0.39 is 5.12 Å². The molecule has 5 rings (SSSR count). The summed E-state index contributed by atoms with van der Waals surface area (Å²) in [7, 11) is 0. The van der Waals surface area contributed by atoms with E-state index in [4.69, 9.17) is 27.5 Å². The van der Waals surface area contributed by atoms with E-state index in [9.17, 15) is 4.79 Å². The van der Waals surface area contributed by atoms with E-state index in [1.54, 1.807) is 29.3 Å². The molecule has 0 aliphatic carbocycles. The monoisotopic (exact) mass is 387 g/mol. The number of carbonyl (C=O) groups is 1. The lowest BCUT2D eigenvalue weighted by Gasteiger charge is -2.47. The Hall–Kier alpha value is -3.20. The highest BCUT2D eigenvalue weighted by atomic mass is 32.2. The Morgan fingerprint density at radius 1 is 0.963 bits per heavy atom. The third kappa shape index (κ3) is 2.85. The van der Waals surface area contributed by atoms with Crippen molar-refractivity contribution in [3.8, 4) is 17.2 Å². The molecule has 0 saturated carbocycles. The van der Waals surface area contributed by atoms with Crippen molar-refractivity contribution in [2.24, 2.45) is 0 Å². The highest BCUT2D eigenvalue weighted by Gasteiger charge is 2.55. The van der Waals surface area contributed by atoms with Crippen LogP contribution in [0.4, 0.5) is 0 Å². The maximum Gasteiger partial charge on any atom is 0.367 e. The molecule has 0 bridgehead atoms. The summed E-state index contributed by atoms with van der Waals surface area (Å²) >= 11 is 1.31. The van der Waals surface area contributed by atoms with Gasteiger partial charge in [-0.25, -0.2) is 0 Å². The van der Waals surface area contributed by atoms with Gasteiger partial charge in [0.15, 0.2) is 17.2 Å². The van der Waals surface area contributed by atoms with Gasteiger partial charge in [0.05, 0.1) is 36.8 Å². The molecule has 2 aliphatic rings. The molecule has 8 nitrogen and oxygen atoms in total. The average molecular weight is 387 g/mol. The summed E-state index contributed by atoms with van der Waals surface area (Å²) in [6.07, 6.45) is 10.8. The van der Waals surface area contributed by atoms with E-state index in [0.29, 0.717) is 23.7 Å². The maximum absolute atomic E-state index is 11.9. The fourth-order valence-electron chi connectivity index (χ4n) is 2.72. The Balaban J connectivity index is 1.57. The first-order chi connectivity index (χ1) is 13.2. The van der Waals surface area contributed by atoms with Gasteiger partial charge in [-0.3, -0.25) is 4.79 Å². The number of nitrogens with zero attached hydrogens (tertiary/aromatic N) is 1. The predicted octanol–water partition coefficient (Wildman–Crippen LogP) is 3.80. The maximum atomic E-state index is 11.9. The van der Waals surface area contributed by atoms with Crippen LogP contribution in [-0.4, -0.2) is 21.3 Å². The average Bonchev–Trinajstić information content (AvgIpc) is 3.41. The van der Waals surface area contributed by atoms with E-state index >= 15 is 0 Å². The third-order valence-corrected chi connectivity index (χ3v) is 5.36. The first-order valence-corrected chi connectivity index (χ1v) is 8.94. The highest BCUT2D eigenvalue weighted by Crippen LogP contribution is 2.49. The summed E-state index contributed by atoms with van der Waals surface area (Å²) in [6, 6.07) is 4.97. The number of fused-ring (bicyclic) bond motifs is 1. The zero-order chi connectivity index (χ0) is 18.3. The Labute approximate surface area is 157 Å². The molecule has 0 N–H and O–H groups in total. The first kappa shape index (κ1) is 16.0. The van der Waals surface area contributed by atoms with Crippen LogP contribution in [0.15, 0.2) is 81.0 Å². The molecule has 1 amide bonds. The van der Waals surface area contributed by atoms with Crippen LogP contribution >= 0.6 is 11.8 Å². The van der Waals surface area contributed by atoms with Crippen LogP contribution < -0.4 is 14.2 Å². The Morgan fingerprint density at radius 3 is 2.07 bits per heavy atom. The van der Waals surface area contributed by atoms with Crippen molar-refractivity contribution >= 4 is 17.7 Å². The van der Waals surface area contributed by atoms with Gasteiger partial charge in [0, 0.05) is 18.2 Å². The fraction of sp³-hybridized carbons (Fsp3) is 0.167. The molecule has 1 saturated heterocycles. The minimum Gasteiger partial charge on any atom is -0.469 e. The second-order valence-corrected chi connectivity index (χ2v) is 7.13. The van der Waals surface area contributed by atoms with Crippen LogP contribution in [0.2, 0.25) is 0 Å². The van der Waals surface area contributed by atoms with Crippen molar-refractivity contribution in [3.63, 3.8) is 0 Å². The lowest BCUT2D eigenvalue weighted by Crippen LogP contribution is -2.57. The van der Waals surface area contributed by atoms with Gasteiger partial charge in [-0.15, -0.1) is 0 Å². The number of amides is 1. The summed E-state index contributed by atoms with van der Waals surface area (Å²) in [5, 5.41) is -1.53. The molecule has 0 unspecified atom stereocenters. The van der Waals surface area contributed by atoms with Gasteiger partial charge in [-0.1, -0.05) is 0 Å². The molecule has 1 fully saturated rings. The van der Waals surface area contributed by atoms with Crippen molar-refractivity contribution in [2.75, 3.05) is 0 Å². The van der Waals surface area contributed by atoms with Gasteiger partial charge >= 0.3 is 5.12 Å². The molecule has 3 aromatic heterocycles. The van der Waals surface area contributed by atoms with Crippen molar-refractivity contribution in [3.05, 3.63) is 67.7 Å². The molecular formula is C18H13NO7S. The summed E-state index contributed by atoms with van der Waals surface area (Å²) < 4.78 is 33.5. The number of carbonyl (C=O) groups excluding carboxylic acids is 1. The van der Waals surface area contributed by atoms with E-state index in [-0.39, 0.29) is 17.0 Å². The summed E-state index contributed by atoms with van der Waals surface area (Å²) in [6.45, 7) is 0. The number of ether oxygens (including phenoxy) is 3. The second kappa shape index (κ2) is 6.20. The molecule has 3 aromatic rings. The van der Waals surface area contributed by atoms with Crippen LogP contribution in [0, 0.1) is 0 Å². The molecule has 0 spiro atoms. The molecular weight excluding hydrogens is 374 g/mol. The van der Waals surface area contributed by atoms with E-state index in [1.807, 2.05) is 0 Å². The molecule has 0 radical (unpaired) electrons. The van der Waals surface area contributed by atoms with Gasteiger partial charge in [0.1, 0.15) is 18.8 Å². The lowest BCUT2D eigenvalue weighted by molar-refractivity contribution is -0.139. The molecule has 2 aliphatic heterocycles. The highest BCUT2D eigenvalue weighted by molar-refractivity contribution is 8.01. The van der Waals surface area contributed by atoms with E-state index in [1.165, 1.54) is 49.3 Å². The smallest absolute Gasteiger partial charge is 0.367 e. The van der Waals surface area contributed by atoms with Crippen LogP contribution in [0.1, 0.15) is 6.42 Å². The minimum absolute atomic E-state index is 0.000941. The van der Waals surface area contributed by atoms with Crippen LogP contribution in [0.25, 0.3) is 0 Å². The minimum atomic E-state index is -1.40. The van der Waals surface area contributed by atoms with Crippen molar-refractivity contribution < 1.29 is 32.3 Å². The Morgan fingerprint density at radius 2 is 1.56 bits per heavy atom. The molecule has 5 heterocycles. The van der Waals surface area contributed by atoms with E-state index in [2.05, 4.69) is 0 Å². The van der Waals surface area contributed by atoms with Crippen LogP contribution in [0.5, 0.6) is 17.2 Å². The molecule has 27 heavy (non-hydrogen) atoms. The van der Waals surface area contributed by atoms with Crippen molar-refractivity contribution in [2.45, 2.75) is 16.9 Å². The molecule has 138 valence electrons. The van der Waals surface area contributed by atoms with E-state index in [0.717, 1.165) is 0 Å². The van der Waals surface area contributed by atoms with Gasteiger partial charge in [0.25, 0.3) is 0 Å². The number of hydrogen-bond donors (Lipinski definition) is 0. The Kier molecular flexibility index (Phi) is 3.68. The Bertz CT molecular complexity index is 910. The fourth-order valence-corrected chi connectivity index (χ4v) is 4.10. The summed E-state index contributed by atoms with van der Waals surface area (Å²) in [5.74, 6) is 1.63. The first-order valence-electron chi connectivity index (χ1n) is 8.06. The summed E-state index contributed by atoms with van der Waals surface area (Å²) in [4.78, 5) is 13.5. The van der Waals surface area contributed by atoms with Gasteiger partial charge in [-0.2, -0.15) is 0 Å². The number of furan rings is 3. The number of hydrogen-bond acceptors (Lipinski definition) is 8. The molecule has 9 heteroatoms. The van der Waals surface area contributed by atoms with Crippen molar-refractivity contribution in [1.29, 1.82) is 0 Å². The van der Waals surface area contributed by atoms with Crippen molar-refractivity contribution in [1.82, 2.24) is 4.90 Å². The van der Waals surface area contributed by atoms with Crippen LogP contribution in [0.3, 0.4) is 0 Å². The normalized spacial score (nSPS) is 20.4. The van der Waals surface area contributed by atoms with Crippen LogP contribution in [-0.2, 0) is 4.79 Å². The lowest BCUT2D eigenvalue weighted by atomic mass is 10.2. The topological polar surface area (TPSA) is 87.4 Å². The number of rotatable bonds is 6. The SMILES string of the molecule is O=C1C[C@H]2SC(Oc3ccoc3)(Oc3ccoc3)C(Oc3ccoc3)=CN12. The third-order valence-electron chi connectivity index (χ3n) is 4.01. The standard InChI is InChI=1S/C18H13NO7S/c20-16-7-17-19(16)8-15(24-12-1-4-21-9-12)18(27-17,25-13-2-5-22-10-13)26-14-3-6-23-11-14/h1-6,8-11,17H,7H2/t17-/m1/s1. The zero-order valence-electron chi connectivity index (χ0n) is 13.8. The molecule has 0 aromatic carbocycles. The quantitative estimate of drug-likeness (QED) is 0.466. The molecule has 1 atom stereocenters. The number of thioether (sulfide) groups is 1. The zero-order valence-corrected chi connectivity index (χ0v) is 14.6. The number of β-lactam (4-membered cyclic amide) rings is 1.